The van der Waals surface area contributed by atoms with E-state index in [0.717, 1.165) is 5.56 Å². The van der Waals surface area contributed by atoms with Crippen molar-refractivity contribution >= 4 is 21.6 Å². The molecule has 1 amide bonds. The van der Waals surface area contributed by atoms with Crippen molar-refractivity contribution in [2.45, 2.75) is 25.6 Å². The number of nitrogen functional groups attached to an aromatic ring is 1. The van der Waals surface area contributed by atoms with Crippen molar-refractivity contribution < 1.29 is 17.9 Å². The number of nitrogens with one attached hydrogen (secondary N) is 2. The molecule has 8 heteroatoms. The molecule has 22 heavy (non-hydrogen) atoms. The highest BCUT2D eigenvalue weighted by atomic mass is 32.2. The van der Waals surface area contributed by atoms with Crippen LogP contribution in [0.5, 0.6) is 0 Å². The van der Waals surface area contributed by atoms with E-state index in [0.29, 0.717) is 12.2 Å². The zero-order valence-corrected chi connectivity index (χ0v) is 13.2. The molecule has 1 saturated heterocycles. The highest BCUT2D eigenvalue weighted by molar-refractivity contribution is 7.91. The first-order valence-corrected chi connectivity index (χ1v) is 8.93. The molecule has 0 aromatic heterocycles. The van der Waals surface area contributed by atoms with Gasteiger partial charge in [-0.05, 0) is 24.6 Å². The summed E-state index contributed by atoms with van der Waals surface area (Å²) >= 11 is 0. The van der Waals surface area contributed by atoms with Crippen LogP contribution in [0.15, 0.2) is 24.3 Å². The number of nitrogens with two attached hydrogens (primary N) is 1. The second-order valence-corrected chi connectivity index (χ2v) is 7.43. The summed E-state index contributed by atoms with van der Waals surface area (Å²) in [4.78, 5) is 11.5. The van der Waals surface area contributed by atoms with Crippen LogP contribution in [0.25, 0.3) is 0 Å². The standard InChI is InChI=1S/C14H21N3O4S/c1-2-21-14(18)17-13-9-22(19,20)8-12(13)16-7-10-3-5-11(15)6-4-10/h3-6,12-13,16H,2,7-9,15H2,1H3,(H,17,18)/t12-,13-/m1/s1. The lowest BCUT2D eigenvalue weighted by molar-refractivity contribution is 0.147. The fraction of sp³-hybridized carbons (Fsp3) is 0.500. The first-order chi connectivity index (χ1) is 10.4. The van der Waals surface area contributed by atoms with E-state index in [1.807, 2.05) is 12.1 Å². The van der Waals surface area contributed by atoms with E-state index < -0.39 is 22.0 Å². The predicted octanol–water partition coefficient (Wildman–Crippen LogP) is 0.270. The number of anilines is 1. The Morgan fingerprint density at radius 1 is 1.27 bits per heavy atom. The molecule has 1 aromatic rings. The number of sulfone groups is 1. The van der Waals surface area contributed by atoms with Gasteiger partial charge in [0.05, 0.1) is 24.2 Å². The zero-order valence-electron chi connectivity index (χ0n) is 12.4. The molecule has 4 N–H and O–H groups in total. The van der Waals surface area contributed by atoms with E-state index in [2.05, 4.69) is 10.6 Å². The molecule has 0 saturated carbocycles. The molecule has 1 heterocycles. The molecule has 1 aromatic carbocycles. The van der Waals surface area contributed by atoms with Crippen LogP contribution in [0.4, 0.5) is 10.5 Å². The molecular formula is C14H21N3O4S. The molecule has 1 aliphatic heterocycles. The normalized spacial score (nSPS) is 23.1. The summed E-state index contributed by atoms with van der Waals surface area (Å²) in [5, 5.41) is 5.79. The minimum atomic E-state index is -3.17. The van der Waals surface area contributed by atoms with Gasteiger partial charge in [-0.2, -0.15) is 0 Å². The Balaban J connectivity index is 1.97. The Hall–Kier alpha value is -1.80. The van der Waals surface area contributed by atoms with Crippen LogP contribution in [0, 0.1) is 0 Å². The maximum absolute atomic E-state index is 11.8. The van der Waals surface area contributed by atoms with E-state index in [1.165, 1.54) is 0 Å². The number of ether oxygens (including phenoxy) is 1. The average Bonchev–Trinajstić information content (AvgIpc) is 2.72. The first-order valence-electron chi connectivity index (χ1n) is 7.11. The van der Waals surface area contributed by atoms with Crippen LogP contribution in [-0.2, 0) is 21.1 Å². The van der Waals surface area contributed by atoms with Crippen molar-refractivity contribution in [2.75, 3.05) is 23.8 Å². The van der Waals surface area contributed by atoms with Crippen LogP contribution < -0.4 is 16.4 Å². The van der Waals surface area contributed by atoms with E-state index in [1.54, 1.807) is 19.1 Å². The highest BCUT2D eigenvalue weighted by Gasteiger charge is 2.38. The molecule has 0 bridgehead atoms. The number of hydrogen-bond acceptors (Lipinski definition) is 6. The van der Waals surface area contributed by atoms with Crippen LogP contribution in [-0.4, -0.2) is 44.7 Å². The number of alkyl carbamates (subject to hydrolysis) is 1. The Labute approximate surface area is 130 Å². The number of benzene rings is 1. The molecule has 0 spiro atoms. The number of carbonyl (C=O) groups is 1. The summed E-state index contributed by atoms with van der Waals surface area (Å²) in [5.74, 6) is -0.0791. The van der Waals surface area contributed by atoms with Gasteiger partial charge in [-0.15, -0.1) is 0 Å². The van der Waals surface area contributed by atoms with E-state index in [4.69, 9.17) is 10.5 Å². The first kappa shape index (κ1) is 16.6. The third-order valence-electron chi connectivity index (χ3n) is 3.48. The van der Waals surface area contributed by atoms with Crippen molar-refractivity contribution in [3.63, 3.8) is 0 Å². The van der Waals surface area contributed by atoms with E-state index in [-0.39, 0.29) is 24.2 Å². The van der Waals surface area contributed by atoms with Gasteiger partial charge in [0, 0.05) is 18.3 Å². The second kappa shape index (κ2) is 6.97. The Morgan fingerprint density at radius 3 is 2.55 bits per heavy atom. The number of amides is 1. The molecule has 0 radical (unpaired) electrons. The summed E-state index contributed by atoms with van der Waals surface area (Å²) in [7, 11) is -3.17. The quantitative estimate of drug-likeness (QED) is 0.670. The van der Waals surface area contributed by atoms with Gasteiger partial charge in [-0.1, -0.05) is 12.1 Å². The highest BCUT2D eigenvalue weighted by Crippen LogP contribution is 2.14. The third kappa shape index (κ3) is 4.60. The summed E-state index contributed by atoms with van der Waals surface area (Å²) in [6.07, 6.45) is -0.594. The molecule has 122 valence electrons. The zero-order chi connectivity index (χ0) is 16.2. The maximum atomic E-state index is 11.8. The van der Waals surface area contributed by atoms with Gasteiger partial charge >= 0.3 is 6.09 Å². The van der Waals surface area contributed by atoms with Gasteiger partial charge in [-0.3, -0.25) is 0 Å². The molecule has 7 nitrogen and oxygen atoms in total. The Bertz CT molecular complexity index is 615. The van der Waals surface area contributed by atoms with Gasteiger partial charge in [0.15, 0.2) is 9.84 Å². The lowest BCUT2D eigenvalue weighted by Crippen LogP contribution is -2.49. The van der Waals surface area contributed by atoms with Crippen LogP contribution in [0.2, 0.25) is 0 Å². The van der Waals surface area contributed by atoms with Crippen molar-refractivity contribution in [1.82, 2.24) is 10.6 Å². The minimum absolute atomic E-state index is 0.000948. The smallest absolute Gasteiger partial charge is 0.407 e. The molecule has 1 aliphatic rings. The number of hydrogen-bond donors (Lipinski definition) is 3. The average molecular weight is 327 g/mol. The SMILES string of the molecule is CCOC(=O)N[C@@H]1CS(=O)(=O)C[C@H]1NCc1ccc(N)cc1. The fourth-order valence-electron chi connectivity index (χ4n) is 2.40. The molecule has 2 rings (SSSR count). The number of carbonyl (C=O) groups excluding carboxylic acids is 1. The summed E-state index contributed by atoms with van der Waals surface area (Å²) in [6, 6.07) is 6.50. The largest absolute Gasteiger partial charge is 0.450 e. The predicted molar refractivity (Wildman–Crippen MR) is 84.1 cm³/mol. The maximum Gasteiger partial charge on any atom is 0.407 e. The summed E-state index contributed by atoms with van der Waals surface area (Å²) in [5.41, 5.74) is 7.29. The van der Waals surface area contributed by atoms with Gasteiger partial charge in [0.1, 0.15) is 0 Å². The summed E-state index contributed by atoms with van der Waals surface area (Å²) < 4.78 is 28.4. The van der Waals surface area contributed by atoms with Crippen molar-refractivity contribution in [3.05, 3.63) is 29.8 Å². The Morgan fingerprint density at radius 2 is 1.91 bits per heavy atom. The van der Waals surface area contributed by atoms with Crippen LogP contribution in [0.1, 0.15) is 12.5 Å². The molecule has 2 atom stereocenters. The molecule has 1 fully saturated rings. The molecular weight excluding hydrogens is 306 g/mol. The van der Waals surface area contributed by atoms with Crippen molar-refractivity contribution in [2.24, 2.45) is 0 Å². The van der Waals surface area contributed by atoms with Gasteiger partial charge in [0.25, 0.3) is 0 Å². The lowest BCUT2D eigenvalue weighted by Gasteiger charge is -2.20. The van der Waals surface area contributed by atoms with Crippen LogP contribution in [0.3, 0.4) is 0 Å². The third-order valence-corrected chi connectivity index (χ3v) is 5.21. The Kier molecular flexibility index (Phi) is 5.25. The topological polar surface area (TPSA) is 111 Å². The van der Waals surface area contributed by atoms with Crippen molar-refractivity contribution in [1.29, 1.82) is 0 Å². The monoisotopic (exact) mass is 327 g/mol. The molecule has 0 aliphatic carbocycles. The summed E-state index contributed by atoms with van der Waals surface area (Å²) in [6.45, 7) is 2.44. The van der Waals surface area contributed by atoms with Crippen LogP contribution >= 0.6 is 0 Å². The van der Waals surface area contributed by atoms with E-state index >= 15 is 0 Å². The van der Waals surface area contributed by atoms with Gasteiger partial charge in [0.2, 0.25) is 0 Å². The minimum Gasteiger partial charge on any atom is -0.450 e. The molecule has 0 unspecified atom stereocenters. The lowest BCUT2D eigenvalue weighted by atomic mass is 10.1. The van der Waals surface area contributed by atoms with Gasteiger partial charge in [-0.25, -0.2) is 13.2 Å². The second-order valence-electron chi connectivity index (χ2n) is 5.28. The van der Waals surface area contributed by atoms with Gasteiger partial charge < -0.3 is 21.1 Å². The van der Waals surface area contributed by atoms with Crippen molar-refractivity contribution in [3.8, 4) is 0 Å². The fourth-order valence-corrected chi connectivity index (χ4v) is 4.30. The van der Waals surface area contributed by atoms with E-state index in [9.17, 15) is 13.2 Å². The number of rotatable bonds is 5.